The summed E-state index contributed by atoms with van der Waals surface area (Å²) < 4.78 is 2.19. The van der Waals surface area contributed by atoms with Gasteiger partial charge in [-0.2, -0.15) is 5.26 Å². The predicted molar refractivity (Wildman–Crippen MR) is 125 cm³/mol. The molecule has 1 unspecified atom stereocenters. The molecule has 2 heterocycles. The smallest absolute Gasteiger partial charge is 0.266 e. The van der Waals surface area contributed by atoms with Gasteiger partial charge < -0.3 is 15.6 Å². The van der Waals surface area contributed by atoms with Crippen LogP contribution in [-0.4, -0.2) is 33.9 Å². The molecule has 7 nitrogen and oxygen atoms in total. The Morgan fingerprint density at radius 3 is 2.78 bits per heavy atom. The van der Waals surface area contributed by atoms with E-state index in [1.807, 2.05) is 44.2 Å². The molecule has 2 aromatic rings. The average molecular weight is 434 g/mol. The summed E-state index contributed by atoms with van der Waals surface area (Å²) in [5, 5.41) is 12.4. The van der Waals surface area contributed by atoms with Crippen molar-refractivity contribution in [1.82, 2.24) is 9.47 Å². The van der Waals surface area contributed by atoms with Crippen LogP contribution in [0.15, 0.2) is 35.9 Å². The number of aryl methyl sites for hydroxylation is 1. The second kappa shape index (κ2) is 10.3. The van der Waals surface area contributed by atoms with E-state index in [2.05, 4.69) is 21.7 Å². The number of amides is 2. The van der Waals surface area contributed by atoms with Gasteiger partial charge in [0.1, 0.15) is 11.6 Å². The number of hydrogen-bond donors (Lipinski definition) is 2. The van der Waals surface area contributed by atoms with Crippen molar-refractivity contribution in [3.05, 3.63) is 58.4 Å². The second-order valence-corrected chi connectivity index (χ2v) is 8.33. The fourth-order valence-corrected chi connectivity index (χ4v) is 4.36. The van der Waals surface area contributed by atoms with Crippen LogP contribution in [0.1, 0.15) is 48.7 Å². The number of nitriles is 1. The van der Waals surface area contributed by atoms with Gasteiger partial charge in [-0.3, -0.25) is 14.5 Å². The lowest BCUT2D eigenvalue weighted by Gasteiger charge is -2.22. The minimum Gasteiger partial charge on any atom is -0.368 e. The first-order chi connectivity index (χ1) is 15.3. The molecular weight excluding hydrogens is 402 g/mol. The highest BCUT2D eigenvalue weighted by atomic mass is 16.2. The number of carbonyl (C=O) groups is 2. The zero-order valence-electron chi connectivity index (χ0n) is 19.0. The zero-order valence-corrected chi connectivity index (χ0v) is 19.0. The summed E-state index contributed by atoms with van der Waals surface area (Å²) in [6, 6.07) is 11.3. The van der Waals surface area contributed by atoms with Gasteiger partial charge >= 0.3 is 0 Å². The molecule has 7 heteroatoms. The van der Waals surface area contributed by atoms with Crippen LogP contribution in [0, 0.1) is 25.2 Å². The van der Waals surface area contributed by atoms with E-state index in [1.54, 1.807) is 12.1 Å². The van der Waals surface area contributed by atoms with Crippen LogP contribution in [0.25, 0.3) is 6.08 Å². The van der Waals surface area contributed by atoms with Crippen molar-refractivity contribution in [2.45, 2.75) is 59.2 Å². The van der Waals surface area contributed by atoms with Crippen molar-refractivity contribution in [2.24, 2.45) is 5.73 Å². The SMILES string of the molecule is CCCn1c(C)cc(/C=C(\C#N)C(=O)Nc2cccc(CN3CCCC3C(N)=O)c2)c1C. The fourth-order valence-electron chi connectivity index (χ4n) is 4.36. The Kier molecular flexibility index (Phi) is 7.49. The molecule has 0 saturated carbocycles. The Morgan fingerprint density at radius 2 is 2.09 bits per heavy atom. The molecule has 168 valence electrons. The van der Waals surface area contributed by atoms with Crippen LogP contribution in [0.5, 0.6) is 0 Å². The zero-order chi connectivity index (χ0) is 23.3. The van der Waals surface area contributed by atoms with E-state index < -0.39 is 5.91 Å². The minimum atomic E-state index is -0.443. The van der Waals surface area contributed by atoms with Crippen molar-refractivity contribution in [3.8, 4) is 6.07 Å². The quantitative estimate of drug-likeness (QED) is 0.491. The molecule has 3 N–H and O–H groups in total. The van der Waals surface area contributed by atoms with Crippen LogP contribution in [0.3, 0.4) is 0 Å². The number of nitrogens with two attached hydrogens (primary N) is 1. The molecule has 1 aromatic heterocycles. The van der Waals surface area contributed by atoms with E-state index in [0.29, 0.717) is 12.2 Å². The maximum atomic E-state index is 12.8. The highest BCUT2D eigenvalue weighted by Crippen LogP contribution is 2.22. The molecule has 1 fully saturated rings. The number of hydrogen-bond acceptors (Lipinski definition) is 4. The Hall–Kier alpha value is -3.37. The molecule has 32 heavy (non-hydrogen) atoms. The number of rotatable bonds is 8. The van der Waals surface area contributed by atoms with Crippen molar-refractivity contribution in [2.75, 3.05) is 11.9 Å². The number of nitrogens with zero attached hydrogens (tertiary/aromatic N) is 3. The number of likely N-dealkylation sites (tertiary alicyclic amines) is 1. The molecule has 3 rings (SSSR count). The van der Waals surface area contributed by atoms with Gasteiger partial charge in [-0.25, -0.2) is 0 Å². The van der Waals surface area contributed by atoms with Crippen LogP contribution < -0.4 is 11.1 Å². The first-order valence-corrected chi connectivity index (χ1v) is 11.1. The number of nitrogens with one attached hydrogen (secondary N) is 1. The number of anilines is 1. The summed E-state index contributed by atoms with van der Waals surface area (Å²) in [4.78, 5) is 26.5. The Morgan fingerprint density at radius 1 is 1.31 bits per heavy atom. The molecule has 2 amide bonds. The summed E-state index contributed by atoms with van der Waals surface area (Å²) >= 11 is 0. The van der Waals surface area contributed by atoms with Gasteiger partial charge in [0.15, 0.2) is 0 Å². The Balaban J connectivity index is 1.74. The van der Waals surface area contributed by atoms with Crippen molar-refractivity contribution < 1.29 is 9.59 Å². The van der Waals surface area contributed by atoms with Gasteiger partial charge in [0.2, 0.25) is 5.91 Å². The lowest BCUT2D eigenvalue weighted by atomic mass is 10.1. The summed E-state index contributed by atoms with van der Waals surface area (Å²) in [6.07, 6.45) is 4.38. The standard InChI is InChI=1S/C25H31N5O2/c1-4-10-30-17(2)12-20(18(30)3)14-21(15-26)25(32)28-22-8-5-7-19(13-22)16-29-11-6-9-23(29)24(27)31/h5,7-8,12-14,23H,4,6,9-11,16H2,1-3H3,(H2,27,31)(H,28,32)/b21-14+. The average Bonchev–Trinajstić information content (AvgIpc) is 3.32. The molecule has 0 aliphatic carbocycles. The highest BCUT2D eigenvalue weighted by Gasteiger charge is 2.28. The van der Waals surface area contributed by atoms with Crippen LogP contribution in [-0.2, 0) is 22.7 Å². The molecule has 1 aliphatic heterocycles. The van der Waals surface area contributed by atoms with Crippen LogP contribution in [0.2, 0.25) is 0 Å². The van der Waals surface area contributed by atoms with Crippen LogP contribution >= 0.6 is 0 Å². The lowest BCUT2D eigenvalue weighted by molar-refractivity contribution is -0.122. The van der Waals surface area contributed by atoms with E-state index in [4.69, 9.17) is 5.73 Å². The number of primary amides is 1. The lowest BCUT2D eigenvalue weighted by Crippen LogP contribution is -2.39. The summed E-state index contributed by atoms with van der Waals surface area (Å²) in [7, 11) is 0. The van der Waals surface area contributed by atoms with Gasteiger partial charge in [-0.15, -0.1) is 0 Å². The van der Waals surface area contributed by atoms with E-state index >= 15 is 0 Å². The molecule has 0 radical (unpaired) electrons. The number of benzene rings is 1. The third-order valence-corrected chi connectivity index (χ3v) is 5.99. The Labute approximate surface area is 189 Å². The van der Waals surface area contributed by atoms with Gasteiger partial charge in [0.25, 0.3) is 5.91 Å². The maximum absolute atomic E-state index is 12.8. The molecule has 1 aliphatic rings. The molecule has 1 aromatic carbocycles. The highest BCUT2D eigenvalue weighted by molar-refractivity contribution is 6.09. The monoisotopic (exact) mass is 433 g/mol. The topological polar surface area (TPSA) is 104 Å². The van der Waals surface area contributed by atoms with E-state index in [0.717, 1.165) is 54.9 Å². The molecular formula is C25H31N5O2. The predicted octanol–water partition coefficient (Wildman–Crippen LogP) is 3.51. The second-order valence-electron chi connectivity index (χ2n) is 8.33. The van der Waals surface area contributed by atoms with Gasteiger partial charge in [0.05, 0.1) is 6.04 Å². The summed E-state index contributed by atoms with van der Waals surface area (Å²) in [6.45, 7) is 8.46. The molecule has 0 spiro atoms. The molecule has 1 saturated heterocycles. The van der Waals surface area contributed by atoms with Crippen molar-refractivity contribution >= 4 is 23.6 Å². The summed E-state index contributed by atoms with van der Waals surface area (Å²) in [5.41, 5.74) is 10.2. The van der Waals surface area contributed by atoms with Gasteiger partial charge in [0, 0.05) is 30.2 Å². The maximum Gasteiger partial charge on any atom is 0.266 e. The van der Waals surface area contributed by atoms with E-state index in [-0.39, 0.29) is 17.5 Å². The molecule has 1 atom stereocenters. The van der Waals surface area contributed by atoms with E-state index in [9.17, 15) is 14.9 Å². The van der Waals surface area contributed by atoms with Crippen LogP contribution in [0.4, 0.5) is 5.69 Å². The molecule has 0 bridgehead atoms. The van der Waals surface area contributed by atoms with Gasteiger partial charge in [-0.05, 0) is 75.1 Å². The van der Waals surface area contributed by atoms with Gasteiger partial charge in [-0.1, -0.05) is 19.1 Å². The summed E-state index contributed by atoms with van der Waals surface area (Å²) in [5.74, 6) is -0.741. The number of carbonyl (C=O) groups excluding carboxylic acids is 2. The largest absolute Gasteiger partial charge is 0.368 e. The number of aromatic nitrogens is 1. The minimum absolute atomic E-state index is 0.0560. The van der Waals surface area contributed by atoms with Crippen molar-refractivity contribution in [1.29, 1.82) is 5.26 Å². The Bertz CT molecular complexity index is 1080. The fraction of sp³-hybridized carbons (Fsp3) is 0.400. The first-order valence-electron chi connectivity index (χ1n) is 11.1. The third-order valence-electron chi connectivity index (χ3n) is 5.99. The van der Waals surface area contributed by atoms with E-state index in [1.165, 1.54) is 0 Å². The third kappa shape index (κ3) is 5.27. The first kappa shape index (κ1) is 23.3. The normalized spacial score (nSPS) is 16.7. The van der Waals surface area contributed by atoms with Crippen molar-refractivity contribution in [3.63, 3.8) is 0 Å².